The molecule has 0 N–H and O–H groups in total. The minimum Gasteiger partial charge on any atom is -0.550 e. The van der Waals surface area contributed by atoms with Gasteiger partial charge in [-0.25, -0.2) is 0 Å². The molecule has 0 saturated carbocycles. The fraction of sp³-hybridized carbons (Fsp3) is 0.917. The minimum absolute atomic E-state index is 0.181. The van der Waals surface area contributed by atoms with Crippen molar-refractivity contribution in [3.8, 4) is 0 Å². The molecule has 0 rings (SSSR count). The van der Waals surface area contributed by atoms with E-state index < -0.39 is 5.97 Å². The molecule has 92 valence electrons. The van der Waals surface area contributed by atoms with E-state index in [1.165, 1.54) is 30.7 Å². The number of rotatable bonds is 6. The summed E-state index contributed by atoms with van der Waals surface area (Å²) in [6.45, 7) is 16.0. The molecule has 0 bridgehead atoms. The third-order valence-corrected chi connectivity index (χ3v) is 3.14. The van der Waals surface area contributed by atoms with Gasteiger partial charge in [0, 0.05) is 5.97 Å². The van der Waals surface area contributed by atoms with Gasteiger partial charge in [0.25, 0.3) is 0 Å². The summed E-state index contributed by atoms with van der Waals surface area (Å²) in [5, 5.41) is 9.49. The zero-order valence-corrected chi connectivity index (χ0v) is 11.0. The Morgan fingerprint density at radius 3 is 1.27 bits per heavy atom. The summed E-state index contributed by atoms with van der Waals surface area (Å²) < 4.78 is 1.28. The van der Waals surface area contributed by atoms with Crippen LogP contribution in [0.4, 0.5) is 0 Å². The van der Waals surface area contributed by atoms with Crippen molar-refractivity contribution in [2.75, 3.05) is 26.2 Å². The highest BCUT2D eigenvalue weighted by Gasteiger charge is 2.16. The van der Waals surface area contributed by atoms with Crippen molar-refractivity contribution < 1.29 is 14.4 Å². The van der Waals surface area contributed by atoms with Gasteiger partial charge in [0.05, 0.1) is 26.2 Å². The first-order valence-corrected chi connectivity index (χ1v) is 6.06. The maximum atomic E-state index is 9.49. The second kappa shape index (κ2) is 9.97. The van der Waals surface area contributed by atoms with Crippen molar-refractivity contribution in [1.82, 2.24) is 0 Å². The monoisotopic (exact) mass is 217 g/mol. The number of nitrogens with zero attached hydrogens (tertiary/aromatic N) is 1. The number of quaternary nitrogens is 1. The topological polar surface area (TPSA) is 40.1 Å². The van der Waals surface area contributed by atoms with Crippen LogP contribution in [0.3, 0.4) is 0 Å². The molecule has 3 nitrogen and oxygen atoms in total. The molecule has 0 atom stereocenters. The molecule has 0 aliphatic heterocycles. The number of carboxylic acids is 1. The average Bonchev–Trinajstić information content (AvgIpc) is 2.23. The third-order valence-electron chi connectivity index (χ3n) is 3.14. The number of carbonyl (C=O) groups is 1. The number of aliphatic carboxylic acids is 1. The zero-order chi connectivity index (χ0) is 12.3. The molecule has 0 amide bonds. The van der Waals surface area contributed by atoms with E-state index in [0.29, 0.717) is 6.42 Å². The maximum absolute atomic E-state index is 9.49. The van der Waals surface area contributed by atoms with Crippen LogP contribution in [-0.2, 0) is 4.79 Å². The van der Waals surface area contributed by atoms with E-state index in [1.54, 1.807) is 6.92 Å². The van der Waals surface area contributed by atoms with Gasteiger partial charge in [-0.05, 0) is 34.1 Å². The SMILES string of the molecule is CCCC(=O)[O-].CC[N+](CC)(CC)CC. The molecule has 0 unspecified atom stereocenters. The van der Waals surface area contributed by atoms with Gasteiger partial charge in [0.15, 0.2) is 0 Å². The van der Waals surface area contributed by atoms with Gasteiger partial charge >= 0.3 is 0 Å². The molecule has 0 aromatic carbocycles. The van der Waals surface area contributed by atoms with Gasteiger partial charge in [0.1, 0.15) is 0 Å². The van der Waals surface area contributed by atoms with E-state index in [0.717, 1.165) is 0 Å². The molecule has 0 saturated heterocycles. The van der Waals surface area contributed by atoms with Crippen molar-refractivity contribution in [2.24, 2.45) is 0 Å². The molecule has 0 aromatic heterocycles. The Balaban J connectivity index is 0. The molecule has 15 heavy (non-hydrogen) atoms. The predicted molar refractivity (Wildman–Crippen MR) is 62.3 cm³/mol. The lowest BCUT2D eigenvalue weighted by Crippen LogP contribution is -2.47. The lowest BCUT2D eigenvalue weighted by Gasteiger charge is -2.34. The molecule has 3 heteroatoms. The summed E-state index contributed by atoms with van der Waals surface area (Å²) in [6, 6.07) is 0. The van der Waals surface area contributed by atoms with E-state index in [4.69, 9.17) is 0 Å². The summed E-state index contributed by atoms with van der Waals surface area (Å²) in [5.41, 5.74) is 0. The Morgan fingerprint density at radius 2 is 1.27 bits per heavy atom. The quantitative estimate of drug-likeness (QED) is 0.631. The molecule has 0 radical (unpaired) electrons. The number of hydrogen-bond acceptors (Lipinski definition) is 2. The summed E-state index contributed by atoms with van der Waals surface area (Å²) in [7, 11) is 0. The summed E-state index contributed by atoms with van der Waals surface area (Å²) in [5.74, 6) is -0.961. The molecule has 0 aliphatic rings. The third kappa shape index (κ3) is 8.43. The van der Waals surface area contributed by atoms with Crippen LogP contribution in [-0.4, -0.2) is 36.6 Å². The molecular weight excluding hydrogens is 190 g/mol. The average molecular weight is 217 g/mol. The van der Waals surface area contributed by atoms with E-state index in [1.807, 2.05) is 0 Å². The van der Waals surface area contributed by atoms with Crippen molar-refractivity contribution in [3.05, 3.63) is 0 Å². The Morgan fingerprint density at radius 1 is 0.933 bits per heavy atom. The molecule has 0 aliphatic carbocycles. The lowest BCUT2D eigenvalue weighted by molar-refractivity contribution is -0.921. The number of carboxylic acid groups (broad SMARTS) is 1. The fourth-order valence-corrected chi connectivity index (χ4v) is 1.55. The van der Waals surface area contributed by atoms with Crippen LogP contribution in [0, 0.1) is 0 Å². The van der Waals surface area contributed by atoms with Crippen molar-refractivity contribution in [3.63, 3.8) is 0 Å². The lowest BCUT2D eigenvalue weighted by atomic mass is 10.3. The number of carbonyl (C=O) groups excluding carboxylic acids is 1. The van der Waals surface area contributed by atoms with Crippen molar-refractivity contribution in [1.29, 1.82) is 0 Å². The molecular formula is C12H27NO2. The summed E-state index contributed by atoms with van der Waals surface area (Å²) in [4.78, 5) is 9.49. The van der Waals surface area contributed by atoms with E-state index in [2.05, 4.69) is 27.7 Å². The Hall–Kier alpha value is -0.570. The van der Waals surface area contributed by atoms with E-state index in [9.17, 15) is 9.90 Å². The smallest absolute Gasteiger partial charge is 0.0757 e. The second-order valence-electron chi connectivity index (χ2n) is 3.73. The normalized spacial score (nSPS) is 10.5. The first-order chi connectivity index (χ1) is 7.01. The largest absolute Gasteiger partial charge is 0.550 e. The van der Waals surface area contributed by atoms with Crippen LogP contribution in [0.1, 0.15) is 47.5 Å². The van der Waals surface area contributed by atoms with Gasteiger partial charge in [-0.3, -0.25) is 0 Å². The van der Waals surface area contributed by atoms with E-state index >= 15 is 0 Å². The minimum atomic E-state index is -0.961. The molecule has 0 heterocycles. The van der Waals surface area contributed by atoms with Crippen molar-refractivity contribution >= 4 is 5.97 Å². The van der Waals surface area contributed by atoms with Crippen LogP contribution >= 0.6 is 0 Å². The van der Waals surface area contributed by atoms with Gasteiger partial charge in [-0.15, -0.1) is 0 Å². The number of hydrogen-bond donors (Lipinski definition) is 0. The van der Waals surface area contributed by atoms with E-state index in [-0.39, 0.29) is 6.42 Å². The van der Waals surface area contributed by atoms with Gasteiger partial charge in [-0.2, -0.15) is 0 Å². The second-order valence-corrected chi connectivity index (χ2v) is 3.73. The van der Waals surface area contributed by atoms with Gasteiger partial charge in [0.2, 0.25) is 0 Å². The van der Waals surface area contributed by atoms with Crippen LogP contribution in [0.25, 0.3) is 0 Å². The van der Waals surface area contributed by atoms with Crippen LogP contribution < -0.4 is 5.11 Å². The summed E-state index contributed by atoms with van der Waals surface area (Å²) >= 11 is 0. The highest BCUT2D eigenvalue weighted by molar-refractivity contribution is 5.63. The Labute approximate surface area is 94.7 Å². The van der Waals surface area contributed by atoms with Crippen LogP contribution in [0.5, 0.6) is 0 Å². The maximum Gasteiger partial charge on any atom is 0.0757 e. The van der Waals surface area contributed by atoms with Crippen LogP contribution in [0.15, 0.2) is 0 Å². The molecule has 0 aromatic rings. The first-order valence-electron chi connectivity index (χ1n) is 6.06. The Bertz CT molecular complexity index is 136. The van der Waals surface area contributed by atoms with Gasteiger partial charge in [-0.1, -0.05) is 13.3 Å². The zero-order valence-electron chi connectivity index (χ0n) is 11.0. The molecule has 0 fully saturated rings. The van der Waals surface area contributed by atoms with Crippen molar-refractivity contribution in [2.45, 2.75) is 47.5 Å². The Kier molecular flexibility index (Phi) is 11.2. The van der Waals surface area contributed by atoms with Gasteiger partial charge < -0.3 is 14.4 Å². The standard InChI is InChI=1S/C8H20N.C4H8O2/c1-5-9(6-2,7-3)8-4;1-2-3-4(5)6/h5-8H2,1-4H3;2-3H2,1H3,(H,5,6)/q+1;/p-1. The predicted octanol–water partition coefficient (Wildman–Crippen LogP) is 1.42. The highest BCUT2D eigenvalue weighted by Crippen LogP contribution is 2.03. The fourth-order valence-electron chi connectivity index (χ4n) is 1.55. The first kappa shape index (κ1) is 16.8. The molecule has 0 spiro atoms. The highest BCUT2D eigenvalue weighted by atomic mass is 16.4. The van der Waals surface area contributed by atoms with Crippen LogP contribution in [0.2, 0.25) is 0 Å². The summed E-state index contributed by atoms with van der Waals surface area (Å²) in [6.07, 6.45) is 0.850.